The summed E-state index contributed by atoms with van der Waals surface area (Å²) in [5.74, 6) is 1.90. The van der Waals surface area contributed by atoms with E-state index in [1.165, 1.54) is 11.8 Å². The second-order valence-electron chi connectivity index (χ2n) is 7.52. The van der Waals surface area contributed by atoms with Crippen molar-refractivity contribution in [2.75, 3.05) is 0 Å². The van der Waals surface area contributed by atoms with Crippen LogP contribution in [0.4, 0.5) is 0 Å². The van der Waals surface area contributed by atoms with Crippen molar-refractivity contribution in [3.8, 4) is 17.1 Å². The number of fused-ring (bicyclic) bond motifs is 1. The number of oxazole rings is 1. The Morgan fingerprint density at radius 2 is 1.59 bits per heavy atom. The smallest absolute Gasteiger partial charge is 0.266 e. The Morgan fingerprint density at radius 3 is 2.41 bits per heavy atom. The van der Waals surface area contributed by atoms with Crippen LogP contribution < -0.4 is 5.56 Å². The molecule has 0 fully saturated rings. The summed E-state index contributed by atoms with van der Waals surface area (Å²) in [6.07, 6.45) is 0. The molecule has 0 aliphatic heterocycles. The van der Waals surface area contributed by atoms with Crippen molar-refractivity contribution in [3.05, 3.63) is 106 Å². The maximum absolute atomic E-state index is 13.4. The number of hydrogen-bond donors (Lipinski definition) is 0. The van der Waals surface area contributed by atoms with Gasteiger partial charge in [-0.15, -0.1) is 0 Å². The van der Waals surface area contributed by atoms with E-state index in [2.05, 4.69) is 0 Å². The van der Waals surface area contributed by atoms with Gasteiger partial charge in [0.25, 0.3) is 5.56 Å². The van der Waals surface area contributed by atoms with E-state index in [-0.39, 0.29) is 5.56 Å². The zero-order valence-electron chi connectivity index (χ0n) is 17.8. The predicted molar refractivity (Wildman–Crippen MR) is 128 cm³/mol. The quantitative estimate of drug-likeness (QED) is 0.250. The number of thioether (sulfide) groups is 1. The van der Waals surface area contributed by atoms with Gasteiger partial charge in [0.1, 0.15) is 5.76 Å². The van der Waals surface area contributed by atoms with Crippen LogP contribution in [0.25, 0.3) is 28.0 Å². The lowest BCUT2D eigenvalue weighted by molar-refractivity contribution is 0.540. The SMILES string of the molecule is Cc1ccccc1-n1c(SCc2nc(-c3ccccc3)oc2C)nc2ccccc2c1=O. The first kappa shape index (κ1) is 20.3. The third-order valence-corrected chi connectivity index (χ3v) is 6.30. The molecular weight excluding hydrogens is 418 g/mol. The van der Waals surface area contributed by atoms with E-state index in [0.29, 0.717) is 27.7 Å². The minimum Gasteiger partial charge on any atom is -0.441 e. The van der Waals surface area contributed by atoms with Crippen LogP contribution in [0, 0.1) is 13.8 Å². The van der Waals surface area contributed by atoms with E-state index < -0.39 is 0 Å². The fraction of sp³-hybridized carbons (Fsp3) is 0.115. The zero-order valence-corrected chi connectivity index (χ0v) is 18.6. The van der Waals surface area contributed by atoms with E-state index in [1.807, 2.05) is 92.7 Å². The molecule has 5 nitrogen and oxygen atoms in total. The van der Waals surface area contributed by atoms with Crippen LogP contribution in [-0.2, 0) is 5.75 Å². The van der Waals surface area contributed by atoms with Gasteiger partial charge >= 0.3 is 0 Å². The molecule has 0 unspecified atom stereocenters. The number of para-hydroxylation sites is 2. The summed E-state index contributed by atoms with van der Waals surface area (Å²) in [5, 5.41) is 1.23. The summed E-state index contributed by atoms with van der Waals surface area (Å²) >= 11 is 1.48. The maximum atomic E-state index is 13.4. The first-order chi connectivity index (χ1) is 15.6. The highest BCUT2D eigenvalue weighted by Crippen LogP contribution is 2.29. The molecule has 6 heteroatoms. The molecule has 0 saturated carbocycles. The molecule has 32 heavy (non-hydrogen) atoms. The Hall–Kier alpha value is -3.64. The molecule has 0 amide bonds. The number of aromatic nitrogens is 3. The Labute approximate surface area is 189 Å². The maximum Gasteiger partial charge on any atom is 0.266 e. The molecule has 2 aromatic heterocycles. The number of hydrogen-bond acceptors (Lipinski definition) is 5. The van der Waals surface area contributed by atoms with E-state index in [1.54, 1.807) is 4.57 Å². The summed E-state index contributed by atoms with van der Waals surface area (Å²) in [7, 11) is 0. The molecule has 0 aliphatic carbocycles. The minimum absolute atomic E-state index is 0.0748. The normalized spacial score (nSPS) is 11.2. The van der Waals surface area contributed by atoms with Crippen LogP contribution in [0.5, 0.6) is 0 Å². The Bertz CT molecular complexity index is 1470. The second kappa shape index (κ2) is 8.48. The highest BCUT2D eigenvalue weighted by atomic mass is 32.2. The van der Waals surface area contributed by atoms with E-state index in [0.717, 1.165) is 28.3 Å². The molecule has 0 bridgehead atoms. The summed E-state index contributed by atoms with van der Waals surface area (Å²) in [4.78, 5) is 23.0. The minimum atomic E-state index is -0.0748. The van der Waals surface area contributed by atoms with Gasteiger partial charge in [-0.2, -0.15) is 0 Å². The molecule has 0 atom stereocenters. The highest BCUT2D eigenvalue weighted by Gasteiger charge is 2.17. The Kier molecular flexibility index (Phi) is 5.37. The largest absolute Gasteiger partial charge is 0.441 e. The van der Waals surface area contributed by atoms with Crippen LogP contribution in [0.1, 0.15) is 17.0 Å². The number of rotatable bonds is 5. The molecule has 2 heterocycles. The molecule has 5 aromatic rings. The average Bonchev–Trinajstić information content (AvgIpc) is 3.20. The second-order valence-corrected chi connectivity index (χ2v) is 8.46. The first-order valence-corrected chi connectivity index (χ1v) is 11.3. The van der Waals surface area contributed by atoms with Crippen LogP contribution in [-0.4, -0.2) is 14.5 Å². The van der Waals surface area contributed by atoms with E-state index in [4.69, 9.17) is 14.4 Å². The lowest BCUT2D eigenvalue weighted by atomic mass is 10.2. The molecule has 3 aromatic carbocycles. The van der Waals surface area contributed by atoms with Crippen molar-refractivity contribution in [1.29, 1.82) is 0 Å². The molecule has 0 spiro atoms. The van der Waals surface area contributed by atoms with Crippen molar-refractivity contribution in [2.24, 2.45) is 0 Å². The van der Waals surface area contributed by atoms with Crippen LogP contribution in [0.2, 0.25) is 0 Å². The Morgan fingerprint density at radius 1 is 0.875 bits per heavy atom. The van der Waals surface area contributed by atoms with E-state index in [9.17, 15) is 4.79 Å². The topological polar surface area (TPSA) is 60.9 Å². The fourth-order valence-electron chi connectivity index (χ4n) is 3.63. The van der Waals surface area contributed by atoms with Crippen molar-refractivity contribution in [3.63, 3.8) is 0 Å². The number of aryl methyl sites for hydroxylation is 2. The van der Waals surface area contributed by atoms with Gasteiger partial charge in [-0.25, -0.2) is 9.97 Å². The van der Waals surface area contributed by atoms with Gasteiger partial charge in [0.15, 0.2) is 5.16 Å². The molecule has 0 aliphatic rings. The van der Waals surface area contributed by atoms with Gasteiger partial charge < -0.3 is 4.42 Å². The van der Waals surface area contributed by atoms with Gasteiger partial charge in [0.05, 0.1) is 22.3 Å². The first-order valence-electron chi connectivity index (χ1n) is 10.3. The third-order valence-electron chi connectivity index (χ3n) is 5.35. The Balaban J connectivity index is 1.56. The van der Waals surface area contributed by atoms with Crippen LogP contribution in [0.15, 0.2) is 93.2 Å². The summed E-state index contributed by atoms with van der Waals surface area (Å²) in [5.41, 5.74) is 4.23. The van der Waals surface area contributed by atoms with Gasteiger partial charge in [0.2, 0.25) is 5.89 Å². The molecule has 0 saturated heterocycles. The lowest BCUT2D eigenvalue weighted by Crippen LogP contribution is -2.22. The highest BCUT2D eigenvalue weighted by molar-refractivity contribution is 7.98. The number of benzene rings is 3. The van der Waals surface area contributed by atoms with Gasteiger partial charge in [-0.3, -0.25) is 9.36 Å². The third kappa shape index (κ3) is 3.74. The van der Waals surface area contributed by atoms with Crippen molar-refractivity contribution in [1.82, 2.24) is 14.5 Å². The average molecular weight is 440 g/mol. The predicted octanol–water partition coefficient (Wildman–Crippen LogP) is 5.95. The number of nitrogens with zero attached hydrogens (tertiary/aromatic N) is 3. The van der Waals surface area contributed by atoms with Crippen molar-refractivity contribution < 1.29 is 4.42 Å². The van der Waals surface area contributed by atoms with Gasteiger partial charge in [-0.05, 0) is 49.7 Å². The molecule has 5 rings (SSSR count). The van der Waals surface area contributed by atoms with Gasteiger partial charge in [0, 0.05) is 11.3 Å². The lowest BCUT2D eigenvalue weighted by Gasteiger charge is -2.14. The molecular formula is C26H21N3O2S. The fourth-order valence-corrected chi connectivity index (χ4v) is 4.64. The van der Waals surface area contributed by atoms with Crippen molar-refractivity contribution in [2.45, 2.75) is 24.8 Å². The van der Waals surface area contributed by atoms with Crippen molar-refractivity contribution >= 4 is 22.7 Å². The summed E-state index contributed by atoms with van der Waals surface area (Å²) < 4.78 is 7.61. The van der Waals surface area contributed by atoms with Crippen LogP contribution in [0.3, 0.4) is 0 Å². The standard InChI is InChI=1S/C26H21N3O2S/c1-17-10-6-9-15-23(17)29-25(30)20-13-7-8-14-21(20)28-26(29)32-16-22-18(2)31-24(27-22)19-11-4-3-5-12-19/h3-15H,16H2,1-2H3. The van der Waals surface area contributed by atoms with E-state index >= 15 is 0 Å². The van der Waals surface area contributed by atoms with Crippen LogP contribution >= 0.6 is 11.8 Å². The summed E-state index contributed by atoms with van der Waals surface area (Å²) in [6.45, 7) is 3.91. The monoisotopic (exact) mass is 439 g/mol. The summed E-state index contributed by atoms with van der Waals surface area (Å²) in [6, 6.07) is 25.1. The molecule has 0 N–H and O–H groups in total. The molecule has 158 valence electrons. The zero-order chi connectivity index (χ0) is 22.1. The molecule has 0 radical (unpaired) electrons. The van der Waals surface area contributed by atoms with Gasteiger partial charge in [-0.1, -0.05) is 60.3 Å².